The molecule has 0 fully saturated rings. The molecule has 2 aromatic carbocycles. The van der Waals surface area contributed by atoms with E-state index in [-0.39, 0.29) is 5.91 Å². The molecule has 3 rings (SSSR count). The van der Waals surface area contributed by atoms with Crippen LogP contribution in [0.1, 0.15) is 5.56 Å². The fraction of sp³-hybridized carbons (Fsp3) is 0. The summed E-state index contributed by atoms with van der Waals surface area (Å²) in [5, 5.41) is 2.79. The molecule has 0 aliphatic heterocycles. The summed E-state index contributed by atoms with van der Waals surface area (Å²) in [5.74, 6) is 0.842. The minimum atomic E-state index is -0.193. The molecular formula is C19H15N3O2. The zero-order valence-corrected chi connectivity index (χ0v) is 12.8. The van der Waals surface area contributed by atoms with Crippen molar-refractivity contribution in [3.05, 3.63) is 84.8 Å². The summed E-state index contributed by atoms with van der Waals surface area (Å²) in [6.45, 7) is 0. The standard InChI is InChI=1S/C19H15N3O2/c23-18(11-6-15-4-2-1-3-5-15)22-16-7-9-17(10-8-16)24-19-14-20-12-13-21-19/h1-14H,(H,22,23). The molecule has 1 aromatic heterocycles. The predicted molar refractivity (Wildman–Crippen MR) is 92.7 cm³/mol. The molecule has 1 heterocycles. The van der Waals surface area contributed by atoms with Crippen molar-refractivity contribution in [1.29, 1.82) is 0 Å². The molecule has 3 aromatic rings. The van der Waals surface area contributed by atoms with Crippen LogP contribution in [-0.4, -0.2) is 15.9 Å². The van der Waals surface area contributed by atoms with Gasteiger partial charge in [0.25, 0.3) is 0 Å². The van der Waals surface area contributed by atoms with Crippen molar-refractivity contribution >= 4 is 17.7 Å². The number of rotatable bonds is 5. The second-order valence-corrected chi connectivity index (χ2v) is 4.90. The lowest BCUT2D eigenvalue weighted by Crippen LogP contribution is -2.07. The van der Waals surface area contributed by atoms with Crippen molar-refractivity contribution in [1.82, 2.24) is 9.97 Å². The number of hydrogen-bond acceptors (Lipinski definition) is 4. The van der Waals surface area contributed by atoms with Gasteiger partial charge in [-0.25, -0.2) is 4.98 Å². The average molecular weight is 317 g/mol. The molecule has 5 nitrogen and oxygen atoms in total. The third-order valence-corrected chi connectivity index (χ3v) is 3.11. The van der Waals surface area contributed by atoms with E-state index < -0.39 is 0 Å². The van der Waals surface area contributed by atoms with Crippen molar-refractivity contribution in [2.75, 3.05) is 5.32 Å². The maximum atomic E-state index is 11.9. The highest BCUT2D eigenvalue weighted by atomic mass is 16.5. The number of ether oxygens (including phenoxy) is 1. The van der Waals surface area contributed by atoms with Crippen LogP contribution < -0.4 is 10.1 Å². The van der Waals surface area contributed by atoms with Crippen LogP contribution in [0, 0.1) is 0 Å². The molecule has 0 aliphatic rings. The first kappa shape index (κ1) is 15.4. The van der Waals surface area contributed by atoms with E-state index in [0.717, 1.165) is 5.56 Å². The Balaban J connectivity index is 1.58. The Morgan fingerprint density at radius 2 is 1.79 bits per heavy atom. The van der Waals surface area contributed by atoms with Crippen LogP contribution in [0.4, 0.5) is 5.69 Å². The molecule has 0 spiro atoms. The summed E-state index contributed by atoms with van der Waals surface area (Å²) in [6.07, 6.45) is 7.93. The van der Waals surface area contributed by atoms with Gasteiger partial charge in [-0.2, -0.15) is 0 Å². The summed E-state index contributed by atoms with van der Waals surface area (Å²) in [4.78, 5) is 19.9. The molecule has 0 aliphatic carbocycles. The van der Waals surface area contributed by atoms with Gasteiger partial charge in [-0.15, -0.1) is 0 Å². The average Bonchev–Trinajstić information content (AvgIpc) is 2.63. The van der Waals surface area contributed by atoms with E-state index in [9.17, 15) is 4.79 Å². The topological polar surface area (TPSA) is 64.1 Å². The van der Waals surface area contributed by atoms with E-state index in [2.05, 4.69) is 15.3 Å². The van der Waals surface area contributed by atoms with Crippen LogP contribution >= 0.6 is 0 Å². The molecule has 118 valence electrons. The van der Waals surface area contributed by atoms with Gasteiger partial charge in [0, 0.05) is 24.2 Å². The van der Waals surface area contributed by atoms with Crippen molar-refractivity contribution < 1.29 is 9.53 Å². The van der Waals surface area contributed by atoms with Crippen LogP contribution in [-0.2, 0) is 4.79 Å². The van der Waals surface area contributed by atoms with Gasteiger partial charge in [0.1, 0.15) is 5.75 Å². The number of amides is 1. The summed E-state index contributed by atoms with van der Waals surface area (Å²) < 4.78 is 5.54. The quantitative estimate of drug-likeness (QED) is 0.724. The largest absolute Gasteiger partial charge is 0.438 e. The normalized spacial score (nSPS) is 10.5. The van der Waals surface area contributed by atoms with Gasteiger partial charge < -0.3 is 10.1 Å². The van der Waals surface area contributed by atoms with E-state index in [1.165, 1.54) is 12.3 Å². The predicted octanol–water partition coefficient (Wildman–Crippen LogP) is 3.92. The van der Waals surface area contributed by atoms with Gasteiger partial charge in [0.05, 0.1) is 6.20 Å². The Bertz CT molecular complexity index is 816. The van der Waals surface area contributed by atoms with Crippen molar-refractivity contribution in [2.45, 2.75) is 0 Å². The summed E-state index contributed by atoms with van der Waals surface area (Å²) in [7, 11) is 0. The third kappa shape index (κ3) is 4.51. The number of benzene rings is 2. The first-order valence-electron chi connectivity index (χ1n) is 7.38. The van der Waals surface area contributed by atoms with Crippen LogP contribution in [0.3, 0.4) is 0 Å². The van der Waals surface area contributed by atoms with Crippen molar-refractivity contribution in [3.63, 3.8) is 0 Å². The zero-order valence-electron chi connectivity index (χ0n) is 12.8. The van der Waals surface area contributed by atoms with Crippen LogP contribution in [0.2, 0.25) is 0 Å². The molecule has 0 atom stereocenters. The summed E-state index contributed by atoms with van der Waals surface area (Å²) >= 11 is 0. The lowest BCUT2D eigenvalue weighted by Gasteiger charge is -2.06. The fourth-order valence-corrected chi connectivity index (χ4v) is 1.99. The van der Waals surface area contributed by atoms with Crippen LogP contribution in [0.15, 0.2) is 79.3 Å². The fourth-order valence-electron chi connectivity index (χ4n) is 1.99. The number of hydrogen-bond donors (Lipinski definition) is 1. The van der Waals surface area contributed by atoms with E-state index >= 15 is 0 Å². The second-order valence-electron chi connectivity index (χ2n) is 4.90. The molecule has 0 saturated heterocycles. The summed E-state index contributed by atoms with van der Waals surface area (Å²) in [6, 6.07) is 16.7. The summed E-state index contributed by atoms with van der Waals surface area (Å²) in [5.41, 5.74) is 1.66. The number of carbonyl (C=O) groups is 1. The Morgan fingerprint density at radius 3 is 2.50 bits per heavy atom. The van der Waals surface area contributed by atoms with E-state index in [4.69, 9.17) is 4.74 Å². The highest BCUT2D eigenvalue weighted by Crippen LogP contribution is 2.20. The molecular weight excluding hydrogens is 302 g/mol. The van der Waals surface area contributed by atoms with Crippen LogP contribution in [0.25, 0.3) is 6.08 Å². The Hall–Kier alpha value is -3.47. The van der Waals surface area contributed by atoms with E-state index in [1.807, 2.05) is 30.3 Å². The third-order valence-electron chi connectivity index (χ3n) is 3.11. The number of carbonyl (C=O) groups excluding carboxylic acids is 1. The Labute approximate surface area is 139 Å². The lowest BCUT2D eigenvalue weighted by molar-refractivity contribution is -0.111. The number of nitrogens with zero attached hydrogens (tertiary/aromatic N) is 2. The number of anilines is 1. The van der Waals surface area contributed by atoms with Crippen LogP contribution in [0.5, 0.6) is 11.6 Å². The smallest absolute Gasteiger partial charge is 0.248 e. The van der Waals surface area contributed by atoms with E-state index in [0.29, 0.717) is 17.3 Å². The minimum Gasteiger partial charge on any atom is -0.438 e. The first-order valence-corrected chi connectivity index (χ1v) is 7.38. The number of nitrogens with one attached hydrogen (secondary N) is 1. The number of aromatic nitrogens is 2. The van der Waals surface area contributed by atoms with Crippen molar-refractivity contribution in [2.24, 2.45) is 0 Å². The van der Waals surface area contributed by atoms with Gasteiger partial charge in [0.15, 0.2) is 0 Å². The molecule has 5 heteroatoms. The van der Waals surface area contributed by atoms with Gasteiger partial charge in [0.2, 0.25) is 11.8 Å². The van der Waals surface area contributed by atoms with Crippen molar-refractivity contribution in [3.8, 4) is 11.6 Å². The lowest BCUT2D eigenvalue weighted by atomic mass is 10.2. The molecule has 0 unspecified atom stereocenters. The minimum absolute atomic E-state index is 0.193. The molecule has 1 amide bonds. The molecule has 1 N–H and O–H groups in total. The first-order chi connectivity index (χ1) is 11.8. The highest BCUT2D eigenvalue weighted by Gasteiger charge is 2.01. The van der Waals surface area contributed by atoms with Gasteiger partial charge >= 0.3 is 0 Å². The molecule has 0 radical (unpaired) electrons. The maximum absolute atomic E-state index is 11.9. The van der Waals surface area contributed by atoms with Gasteiger partial charge in [-0.05, 0) is 35.9 Å². The second kappa shape index (κ2) is 7.69. The SMILES string of the molecule is O=C(C=Cc1ccccc1)Nc1ccc(Oc2cnccn2)cc1. The van der Waals surface area contributed by atoms with E-state index in [1.54, 1.807) is 42.7 Å². The molecule has 24 heavy (non-hydrogen) atoms. The molecule has 0 saturated carbocycles. The highest BCUT2D eigenvalue weighted by molar-refractivity contribution is 6.01. The Kier molecular flexibility index (Phi) is 4.94. The monoisotopic (exact) mass is 317 g/mol. The Morgan fingerprint density at radius 1 is 1.00 bits per heavy atom. The zero-order chi connectivity index (χ0) is 16.6. The van der Waals surface area contributed by atoms with Gasteiger partial charge in [-0.3, -0.25) is 9.78 Å². The van der Waals surface area contributed by atoms with Gasteiger partial charge in [-0.1, -0.05) is 30.3 Å². The maximum Gasteiger partial charge on any atom is 0.248 e. The molecule has 0 bridgehead atoms.